The monoisotopic (exact) mass is 331 g/mol. The van der Waals surface area contributed by atoms with E-state index < -0.39 is 0 Å². The Morgan fingerprint density at radius 1 is 1.36 bits per heavy atom. The Balaban J connectivity index is 2.15. The van der Waals surface area contributed by atoms with Gasteiger partial charge >= 0.3 is 0 Å². The van der Waals surface area contributed by atoms with E-state index in [4.69, 9.17) is 23.2 Å². The van der Waals surface area contributed by atoms with E-state index in [9.17, 15) is 5.26 Å². The molecule has 2 aromatic heterocycles. The zero-order valence-corrected chi connectivity index (χ0v) is 13.2. The molecule has 0 saturated heterocycles. The largest absolute Gasteiger partial charge is 0.360 e. The van der Waals surface area contributed by atoms with Crippen molar-refractivity contribution < 1.29 is 0 Å². The molecule has 2 heterocycles. The lowest BCUT2D eigenvalue weighted by Gasteiger charge is -2.23. The van der Waals surface area contributed by atoms with Crippen molar-refractivity contribution >= 4 is 45.6 Å². The summed E-state index contributed by atoms with van der Waals surface area (Å²) in [7, 11) is 0. The first-order valence-electron chi connectivity index (χ1n) is 6.61. The minimum atomic E-state index is 0.105. The highest BCUT2D eigenvalue weighted by molar-refractivity contribution is 6.35. The molecular weight excluding hydrogens is 321 g/mol. The quantitative estimate of drug-likeness (QED) is 0.726. The molecule has 0 fully saturated rings. The number of rotatable bonds is 3. The highest BCUT2D eigenvalue weighted by Crippen LogP contribution is 2.32. The van der Waals surface area contributed by atoms with Gasteiger partial charge in [0.25, 0.3) is 0 Å². The molecule has 3 aromatic rings. The number of hydrogen-bond acceptors (Lipinski definition) is 4. The van der Waals surface area contributed by atoms with Crippen LogP contribution in [0.5, 0.6) is 0 Å². The average molecular weight is 332 g/mol. The highest BCUT2D eigenvalue weighted by Gasteiger charge is 2.16. The molecule has 0 aliphatic heterocycles. The Bertz CT molecular complexity index is 881. The van der Waals surface area contributed by atoms with Crippen LogP contribution in [-0.2, 0) is 0 Å². The van der Waals surface area contributed by atoms with Crippen LogP contribution in [0, 0.1) is 11.3 Å². The Kier molecular flexibility index (Phi) is 3.88. The molecule has 0 bridgehead atoms. The van der Waals surface area contributed by atoms with Crippen molar-refractivity contribution in [1.29, 1.82) is 5.26 Å². The van der Waals surface area contributed by atoms with Crippen molar-refractivity contribution in [2.45, 2.75) is 6.92 Å². The number of nitriles is 1. The van der Waals surface area contributed by atoms with Gasteiger partial charge in [-0.1, -0.05) is 11.6 Å². The van der Waals surface area contributed by atoms with Crippen LogP contribution >= 0.6 is 23.2 Å². The summed E-state index contributed by atoms with van der Waals surface area (Å²) >= 11 is 12.1. The van der Waals surface area contributed by atoms with Crippen LogP contribution in [0.15, 0.2) is 30.6 Å². The number of benzene rings is 1. The summed E-state index contributed by atoms with van der Waals surface area (Å²) in [5.41, 5.74) is 2.19. The number of halogens is 2. The van der Waals surface area contributed by atoms with Crippen molar-refractivity contribution in [3.8, 4) is 6.07 Å². The smallest absolute Gasteiger partial charge is 0.224 e. The molecule has 0 saturated carbocycles. The summed E-state index contributed by atoms with van der Waals surface area (Å²) in [6.07, 6.45) is 3.17. The zero-order valence-electron chi connectivity index (χ0n) is 11.6. The third-order valence-electron chi connectivity index (χ3n) is 3.36. The molecule has 1 aromatic carbocycles. The molecule has 3 rings (SSSR count). The van der Waals surface area contributed by atoms with E-state index in [0.717, 1.165) is 16.6 Å². The van der Waals surface area contributed by atoms with Crippen molar-refractivity contribution in [3.63, 3.8) is 0 Å². The van der Waals surface area contributed by atoms with Crippen molar-refractivity contribution in [2.75, 3.05) is 11.4 Å². The normalized spacial score (nSPS) is 10.6. The molecular formula is C15H11Cl2N5. The molecule has 0 amide bonds. The molecule has 110 valence electrons. The van der Waals surface area contributed by atoms with Gasteiger partial charge in [0, 0.05) is 29.3 Å². The zero-order chi connectivity index (χ0) is 15.7. The summed E-state index contributed by atoms with van der Waals surface area (Å²) < 4.78 is 0. The SMILES string of the molecule is CCN(c1ccc2[nH]cc(Cl)c2c1)c1nc(Cl)ncc1C#N. The van der Waals surface area contributed by atoms with Crippen LogP contribution in [-0.4, -0.2) is 21.5 Å². The summed E-state index contributed by atoms with van der Waals surface area (Å²) in [5, 5.41) is 10.9. The standard InChI is InChI=1S/C15H11Cl2N5/c1-2-22(14-9(6-18)7-20-15(17)21-14)10-3-4-13-11(5-10)12(16)8-19-13/h3-5,7-8,19H,2H2,1H3. The van der Waals surface area contributed by atoms with E-state index in [1.54, 1.807) is 6.20 Å². The van der Waals surface area contributed by atoms with Crippen LogP contribution in [0.4, 0.5) is 11.5 Å². The molecule has 5 nitrogen and oxygen atoms in total. The maximum atomic E-state index is 9.26. The fourth-order valence-electron chi connectivity index (χ4n) is 2.33. The predicted molar refractivity (Wildman–Crippen MR) is 87.7 cm³/mol. The number of hydrogen-bond donors (Lipinski definition) is 1. The second kappa shape index (κ2) is 5.84. The van der Waals surface area contributed by atoms with Gasteiger partial charge in [0.1, 0.15) is 11.6 Å². The Labute approximate surface area is 137 Å². The fourth-order valence-corrected chi connectivity index (χ4v) is 2.67. The lowest BCUT2D eigenvalue weighted by Crippen LogP contribution is -2.19. The van der Waals surface area contributed by atoms with Crippen LogP contribution in [0.3, 0.4) is 0 Å². The first-order chi connectivity index (χ1) is 10.6. The first-order valence-corrected chi connectivity index (χ1v) is 7.36. The van der Waals surface area contributed by atoms with E-state index in [1.807, 2.05) is 30.0 Å². The molecule has 1 N–H and O–H groups in total. The van der Waals surface area contributed by atoms with Gasteiger partial charge in [0.15, 0.2) is 5.82 Å². The number of aromatic amines is 1. The number of aromatic nitrogens is 3. The van der Waals surface area contributed by atoms with E-state index in [0.29, 0.717) is 22.9 Å². The fraction of sp³-hybridized carbons (Fsp3) is 0.133. The van der Waals surface area contributed by atoms with Gasteiger partial charge in [-0.15, -0.1) is 0 Å². The minimum absolute atomic E-state index is 0.105. The second-order valence-corrected chi connectivity index (χ2v) is 5.34. The number of H-pyrrole nitrogens is 1. The van der Waals surface area contributed by atoms with Gasteiger partial charge < -0.3 is 9.88 Å². The molecule has 0 unspecified atom stereocenters. The number of anilines is 2. The van der Waals surface area contributed by atoms with Gasteiger partial charge in [-0.05, 0) is 36.7 Å². The van der Waals surface area contributed by atoms with E-state index in [2.05, 4.69) is 21.0 Å². The summed E-state index contributed by atoms with van der Waals surface area (Å²) in [6, 6.07) is 7.93. The Morgan fingerprint density at radius 2 is 2.18 bits per heavy atom. The van der Waals surface area contributed by atoms with Crippen LogP contribution in [0.1, 0.15) is 12.5 Å². The second-order valence-electron chi connectivity index (χ2n) is 4.60. The van der Waals surface area contributed by atoms with Crippen LogP contribution in [0.2, 0.25) is 10.3 Å². The number of fused-ring (bicyclic) bond motifs is 1. The average Bonchev–Trinajstić information content (AvgIpc) is 2.90. The molecule has 0 radical (unpaired) electrons. The lowest BCUT2D eigenvalue weighted by atomic mass is 10.2. The third kappa shape index (κ3) is 2.47. The van der Waals surface area contributed by atoms with E-state index >= 15 is 0 Å². The van der Waals surface area contributed by atoms with Crippen LogP contribution in [0.25, 0.3) is 10.9 Å². The van der Waals surface area contributed by atoms with E-state index in [-0.39, 0.29) is 5.28 Å². The first kappa shape index (κ1) is 14.6. The van der Waals surface area contributed by atoms with Crippen LogP contribution < -0.4 is 4.90 Å². The molecule has 22 heavy (non-hydrogen) atoms. The van der Waals surface area contributed by atoms with Gasteiger partial charge in [-0.25, -0.2) is 4.98 Å². The highest BCUT2D eigenvalue weighted by atomic mass is 35.5. The van der Waals surface area contributed by atoms with Gasteiger partial charge in [-0.3, -0.25) is 0 Å². The molecule has 0 aliphatic rings. The van der Waals surface area contributed by atoms with Gasteiger partial charge in [0.05, 0.1) is 11.2 Å². The maximum absolute atomic E-state index is 9.26. The lowest BCUT2D eigenvalue weighted by molar-refractivity contribution is 0.972. The van der Waals surface area contributed by atoms with Crippen molar-refractivity contribution in [2.24, 2.45) is 0 Å². The minimum Gasteiger partial charge on any atom is -0.360 e. The Hall–Kier alpha value is -2.29. The van der Waals surface area contributed by atoms with Crippen molar-refractivity contribution in [1.82, 2.24) is 15.0 Å². The maximum Gasteiger partial charge on any atom is 0.224 e. The molecule has 7 heteroatoms. The molecule has 0 aliphatic carbocycles. The Morgan fingerprint density at radius 3 is 2.91 bits per heavy atom. The predicted octanol–water partition coefficient (Wildman–Crippen LogP) is 4.29. The molecule has 0 atom stereocenters. The number of nitrogens with one attached hydrogen (secondary N) is 1. The third-order valence-corrected chi connectivity index (χ3v) is 3.85. The van der Waals surface area contributed by atoms with Crippen molar-refractivity contribution in [3.05, 3.63) is 46.5 Å². The van der Waals surface area contributed by atoms with E-state index in [1.165, 1.54) is 6.20 Å². The number of nitrogens with zero attached hydrogens (tertiary/aromatic N) is 4. The molecule has 0 spiro atoms. The summed E-state index contributed by atoms with van der Waals surface area (Å²) in [4.78, 5) is 13.0. The van der Waals surface area contributed by atoms with Gasteiger partial charge in [0.2, 0.25) is 5.28 Å². The van der Waals surface area contributed by atoms with Gasteiger partial charge in [-0.2, -0.15) is 10.2 Å². The summed E-state index contributed by atoms with van der Waals surface area (Å²) in [6.45, 7) is 2.59. The summed E-state index contributed by atoms with van der Waals surface area (Å²) in [5.74, 6) is 0.482. The topological polar surface area (TPSA) is 68.6 Å².